The zero-order chi connectivity index (χ0) is 15.9. The van der Waals surface area contributed by atoms with Crippen LogP contribution < -0.4 is 10.6 Å². The number of aromatic nitrogens is 1. The van der Waals surface area contributed by atoms with Crippen molar-refractivity contribution in [1.29, 1.82) is 0 Å². The van der Waals surface area contributed by atoms with Crippen molar-refractivity contribution in [3.63, 3.8) is 0 Å². The molecule has 0 radical (unpaired) electrons. The Hall–Kier alpha value is -0.740. The van der Waals surface area contributed by atoms with Crippen LogP contribution in [0.25, 0.3) is 0 Å². The number of guanidine groups is 1. The summed E-state index contributed by atoms with van der Waals surface area (Å²) in [6.45, 7) is 3.15. The predicted molar refractivity (Wildman–Crippen MR) is 108 cm³/mol. The van der Waals surface area contributed by atoms with Crippen molar-refractivity contribution in [2.45, 2.75) is 19.9 Å². The number of hydrogen-bond acceptors (Lipinski definition) is 3. The van der Waals surface area contributed by atoms with Crippen molar-refractivity contribution in [1.82, 2.24) is 15.6 Å². The lowest BCUT2D eigenvalue weighted by Crippen LogP contribution is -2.38. The number of nitrogens with one attached hydrogen (secondary N) is 2. The predicted octanol–water partition coefficient (Wildman–Crippen LogP) is 3.88. The van der Waals surface area contributed by atoms with Crippen molar-refractivity contribution in [3.05, 3.63) is 50.1 Å². The lowest BCUT2D eigenvalue weighted by molar-refractivity contribution is 0.604. The molecule has 0 saturated heterocycles. The van der Waals surface area contributed by atoms with Crippen molar-refractivity contribution in [2.24, 2.45) is 4.99 Å². The second kappa shape index (κ2) is 10.2. The van der Waals surface area contributed by atoms with Gasteiger partial charge in [-0.15, -0.1) is 35.3 Å². The average Bonchev–Trinajstić information content (AvgIpc) is 2.91. The molecule has 8 heteroatoms. The van der Waals surface area contributed by atoms with Gasteiger partial charge >= 0.3 is 0 Å². The summed E-state index contributed by atoms with van der Waals surface area (Å²) in [5.74, 6) is 0.414. The SMILES string of the molecule is CN=C(NCCc1ncc(C)s1)NCc1cc(Br)ccc1F.I. The molecule has 0 atom stereocenters. The van der Waals surface area contributed by atoms with Gasteiger partial charge in [0, 0.05) is 47.7 Å². The maximum Gasteiger partial charge on any atom is 0.191 e. The van der Waals surface area contributed by atoms with Gasteiger partial charge in [-0.2, -0.15) is 0 Å². The van der Waals surface area contributed by atoms with Crippen LogP contribution in [-0.2, 0) is 13.0 Å². The third-order valence-electron chi connectivity index (χ3n) is 2.98. The van der Waals surface area contributed by atoms with Gasteiger partial charge in [-0.05, 0) is 25.1 Å². The fourth-order valence-corrected chi connectivity index (χ4v) is 3.08. The van der Waals surface area contributed by atoms with E-state index in [1.807, 2.05) is 13.1 Å². The maximum absolute atomic E-state index is 13.7. The maximum atomic E-state index is 13.7. The number of benzene rings is 1. The molecule has 1 aromatic heterocycles. The van der Waals surface area contributed by atoms with Crippen molar-refractivity contribution in [3.8, 4) is 0 Å². The Bertz CT molecular complexity index is 663. The van der Waals surface area contributed by atoms with E-state index < -0.39 is 0 Å². The highest BCUT2D eigenvalue weighted by Gasteiger charge is 2.05. The number of nitrogens with zero attached hydrogens (tertiary/aromatic N) is 2. The molecule has 2 N–H and O–H groups in total. The Morgan fingerprint density at radius 2 is 2.17 bits per heavy atom. The van der Waals surface area contributed by atoms with Crippen LogP contribution in [0.3, 0.4) is 0 Å². The Labute approximate surface area is 165 Å². The third kappa shape index (κ3) is 6.72. The molecule has 2 aromatic rings. The van der Waals surface area contributed by atoms with Crippen molar-refractivity contribution < 1.29 is 4.39 Å². The van der Waals surface area contributed by atoms with Crippen molar-refractivity contribution in [2.75, 3.05) is 13.6 Å². The first-order valence-corrected chi connectivity index (χ1v) is 8.49. The van der Waals surface area contributed by atoms with E-state index in [0.29, 0.717) is 18.1 Å². The van der Waals surface area contributed by atoms with Crippen LogP contribution in [0, 0.1) is 12.7 Å². The van der Waals surface area contributed by atoms with Gasteiger partial charge in [0.25, 0.3) is 0 Å². The molecule has 0 saturated carbocycles. The fourth-order valence-electron chi connectivity index (χ4n) is 1.88. The van der Waals surface area contributed by atoms with Gasteiger partial charge < -0.3 is 10.6 Å². The van der Waals surface area contributed by atoms with E-state index in [1.54, 1.807) is 30.5 Å². The lowest BCUT2D eigenvalue weighted by Gasteiger charge is -2.12. The second-order valence-corrected chi connectivity index (χ2v) is 6.94. The summed E-state index contributed by atoms with van der Waals surface area (Å²) in [7, 11) is 1.69. The number of aryl methyl sites for hydroxylation is 1. The molecule has 0 unspecified atom stereocenters. The standard InChI is InChI=1S/C15H18BrFN4S.HI/c1-10-8-20-14(22-10)5-6-19-15(18-2)21-9-11-7-12(16)3-4-13(11)17;/h3-4,7-8H,5-6,9H2,1-2H3,(H2,18,19,21);1H. The van der Waals surface area contributed by atoms with Crippen LogP contribution >= 0.6 is 51.2 Å². The molecule has 0 spiro atoms. The molecule has 1 heterocycles. The van der Waals surface area contributed by atoms with Gasteiger partial charge in [0.2, 0.25) is 0 Å². The molecule has 0 aliphatic heterocycles. The first kappa shape index (κ1) is 20.3. The third-order valence-corrected chi connectivity index (χ3v) is 4.44. The minimum absolute atomic E-state index is 0. The second-order valence-electron chi connectivity index (χ2n) is 4.70. The molecule has 0 bridgehead atoms. The monoisotopic (exact) mass is 512 g/mol. The van der Waals surface area contributed by atoms with E-state index in [1.165, 1.54) is 10.9 Å². The molecule has 0 aliphatic carbocycles. The largest absolute Gasteiger partial charge is 0.356 e. The summed E-state index contributed by atoms with van der Waals surface area (Å²) in [5, 5.41) is 7.40. The van der Waals surface area contributed by atoms with E-state index in [0.717, 1.165) is 22.4 Å². The molecule has 126 valence electrons. The van der Waals surface area contributed by atoms with Gasteiger partial charge in [-0.3, -0.25) is 4.99 Å². The molecule has 1 aromatic carbocycles. The van der Waals surface area contributed by atoms with Gasteiger partial charge in [0.1, 0.15) is 5.82 Å². The van der Waals surface area contributed by atoms with E-state index in [4.69, 9.17) is 0 Å². The van der Waals surface area contributed by atoms with Crippen LogP contribution in [0.2, 0.25) is 0 Å². The van der Waals surface area contributed by atoms with Gasteiger partial charge in [0.05, 0.1) is 5.01 Å². The van der Waals surface area contributed by atoms with Crippen LogP contribution in [0.1, 0.15) is 15.4 Å². The molecular formula is C15H19BrFIN4S. The first-order valence-electron chi connectivity index (χ1n) is 6.88. The first-order chi connectivity index (χ1) is 10.6. The van der Waals surface area contributed by atoms with E-state index in [9.17, 15) is 4.39 Å². The molecule has 2 rings (SSSR count). The van der Waals surface area contributed by atoms with E-state index in [-0.39, 0.29) is 29.8 Å². The summed E-state index contributed by atoms with van der Waals surface area (Å²) >= 11 is 5.04. The summed E-state index contributed by atoms with van der Waals surface area (Å²) in [6, 6.07) is 4.89. The summed E-state index contributed by atoms with van der Waals surface area (Å²) in [5.41, 5.74) is 0.591. The van der Waals surface area contributed by atoms with Gasteiger partial charge in [-0.25, -0.2) is 9.37 Å². The summed E-state index contributed by atoms with van der Waals surface area (Å²) < 4.78 is 14.5. The lowest BCUT2D eigenvalue weighted by atomic mass is 10.2. The Balaban J connectivity index is 0.00000264. The summed E-state index contributed by atoms with van der Waals surface area (Å²) in [6.07, 6.45) is 2.72. The molecule has 23 heavy (non-hydrogen) atoms. The van der Waals surface area contributed by atoms with Crippen molar-refractivity contribution >= 4 is 57.2 Å². The van der Waals surface area contributed by atoms with E-state index in [2.05, 4.69) is 36.5 Å². The normalized spacial score (nSPS) is 11.0. The molecule has 4 nitrogen and oxygen atoms in total. The zero-order valence-electron chi connectivity index (χ0n) is 12.9. The van der Waals surface area contributed by atoms with Crippen LogP contribution in [-0.4, -0.2) is 24.5 Å². The summed E-state index contributed by atoms with van der Waals surface area (Å²) in [4.78, 5) is 9.66. The zero-order valence-corrected chi connectivity index (χ0v) is 17.6. The van der Waals surface area contributed by atoms with Crippen LogP contribution in [0.4, 0.5) is 4.39 Å². The number of hydrogen-bond donors (Lipinski definition) is 2. The molecule has 0 fully saturated rings. The highest BCUT2D eigenvalue weighted by atomic mass is 127. The Kier molecular flexibility index (Phi) is 9.00. The number of halogens is 3. The van der Waals surface area contributed by atoms with Gasteiger partial charge in [0.15, 0.2) is 5.96 Å². The number of rotatable bonds is 5. The van der Waals surface area contributed by atoms with E-state index >= 15 is 0 Å². The Morgan fingerprint density at radius 1 is 1.39 bits per heavy atom. The quantitative estimate of drug-likeness (QED) is 0.363. The minimum atomic E-state index is -0.232. The minimum Gasteiger partial charge on any atom is -0.356 e. The van der Waals surface area contributed by atoms with Crippen LogP contribution in [0.15, 0.2) is 33.9 Å². The Morgan fingerprint density at radius 3 is 2.83 bits per heavy atom. The topological polar surface area (TPSA) is 49.3 Å². The highest BCUT2D eigenvalue weighted by Crippen LogP contribution is 2.15. The smallest absolute Gasteiger partial charge is 0.191 e. The highest BCUT2D eigenvalue weighted by molar-refractivity contribution is 14.0. The molecular weight excluding hydrogens is 494 g/mol. The molecule has 0 aliphatic rings. The van der Waals surface area contributed by atoms with Gasteiger partial charge in [-0.1, -0.05) is 15.9 Å². The van der Waals surface area contributed by atoms with Crippen LogP contribution in [0.5, 0.6) is 0 Å². The number of aliphatic imine (C=N–C) groups is 1. The fraction of sp³-hybridized carbons (Fsp3) is 0.333. The number of thiazole rings is 1. The average molecular weight is 513 g/mol. The molecule has 0 amide bonds.